The average molecular weight is 485 g/mol. The van der Waals surface area contributed by atoms with Gasteiger partial charge in [-0.3, -0.25) is 9.10 Å². The summed E-state index contributed by atoms with van der Waals surface area (Å²) in [6.07, 6.45) is 1.61. The molecular formula is C24H25ClN4O3S. The van der Waals surface area contributed by atoms with E-state index in [4.69, 9.17) is 11.6 Å². The van der Waals surface area contributed by atoms with Crippen molar-refractivity contribution in [3.05, 3.63) is 83.0 Å². The molecule has 0 spiro atoms. The molecule has 0 atom stereocenters. The van der Waals surface area contributed by atoms with Crippen LogP contribution in [0.25, 0.3) is 0 Å². The molecular weight excluding hydrogens is 460 g/mol. The summed E-state index contributed by atoms with van der Waals surface area (Å²) < 4.78 is 27.6. The number of hydrogen-bond donors (Lipinski definition) is 0. The molecule has 0 bridgehead atoms. The van der Waals surface area contributed by atoms with Gasteiger partial charge in [-0.05, 0) is 49.4 Å². The molecule has 33 heavy (non-hydrogen) atoms. The molecule has 0 unspecified atom stereocenters. The topological polar surface area (TPSA) is 73.8 Å². The van der Waals surface area contributed by atoms with E-state index in [0.29, 0.717) is 42.5 Å². The number of anilines is 2. The smallest absolute Gasteiger partial charge is 0.264 e. The van der Waals surface area contributed by atoms with Crippen LogP contribution in [0.5, 0.6) is 0 Å². The van der Waals surface area contributed by atoms with Gasteiger partial charge in [0, 0.05) is 45.0 Å². The number of hydrogen-bond acceptors (Lipinski definition) is 5. The summed E-state index contributed by atoms with van der Waals surface area (Å²) in [7, 11) is -2.29. The van der Waals surface area contributed by atoms with Gasteiger partial charge in [0.25, 0.3) is 15.9 Å². The molecule has 1 aliphatic heterocycles. The molecule has 2 heterocycles. The number of piperazine rings is 1. The van der Waals surface area contributed by atoms with Gasteiger partial charge in [-0.1, -0.05) is 35.4 Å². The lowest BCUT2D eigenvalue weighted by Gasteiger charge is -2.35. The highest BCUT2D eigenvalue weighted by Crippen LogP contribution is 2.24. The molecule has 4 rings (SSSR count). The lowest BCUT2D eigenvalue weighted by Crippen LogP contribution is -2.49. The maximum Gasteiger partial charge on any atom is 0.264 e. The molecule has 1 amide bonds. The first kappa shape index (κ1) is 23.1. The van der Waals surface area contributed by atoms with Gasteiger partial charge in [-0.25, -0.2) is 13.4 Å². The number of pyridine rings is 1. The Morgan fingerprint density at radius 3 is 2.33 bits per heavy atom. The van der Waals surface area contributed by atoms with Crippen LogP contribution in [0.2, 0.25) is 5.02 Å². The van der Waals surface area contributed by atoms with Gasteiger partial charge in [-0.2, -0.15) is 0 Å². The monoisotopic (exact) mass is 484 g/mol. The molecule has 0 radical (unpaired) electrons. The summed E-state index contributed by atoms with van der Waals surface area (Å²) in [5, 5.41) is 0.579. The minimum atomic E-state index is -3.80. The highest BCUT2D eigenvalue weighted by Gasteiger charge is 2.26. The third-order valence-corrected chi connectivity index (χ3v) is 7.74. The molecule has 1 aliphatic rings. The predicted molar refractivity (Wildman–Crippen MR) is 131 cm³/mol. The summed E-state index contributed by atoms with van der Waals surface area (Å²) in [6, 6.07) is 17.1. The number of nitrogens with zero attached hydrogens (tertiary/aromatic N) is 4. The zero-order chi connectivity index (χ0) is 23.6. The molecule has 172 valence electrons. The second kappa shape index (κ2) is 9.41. The summed E-state index contributed by atoms with van der Waals surface area (Å²) in [4.78, 5) is 21.4. The van der Waals surface area contributed by atoms with E-state index in [-0.39, 0.29) is 10.8 Å². The van der Waals surface area contributed by atoms with Crippen LogP contribution in [0.4, 0.5) is 11.5 Å². The summed E-state index contributed by atoms with van der Waals surface area (Å²) in [6.45, 7) is 4.25. The van der Waals surface area contributed by atoms with Crippen LogP contribution >= 0.6 is 11.6 Å². The highest BCUT2D eigenvalue weighted by molar-refractivity contribution is 7.92. The van der Waals surface area contributed by atoms with Gasteiger partial charge in [0.2, 0.25) is 0 Å². The maximum atomic E-state index is 13.2. The number of carbonyl (C=O) groups excluding carboxylic acids is 1. The molecule has 9 heteroatoms. The van der Waals surface area contributed by atoms with Crippen molar-refractivity contribution in [2.24, 2.45) is 0 Å². The third kappa shape index (κ3) is 4.96. The minimum Gasteiger partial charge on any atom is -0.353 e. The fraction of sp³-hybridized carbons (Fsp3) is 0.250. The van der Waals surface area contributed by atoms with Gasteiger partial charge in [-0.15, -0.1) is 0 Å². The number of sulfonamides is 1. The lowest BCUT2D eigenvalue weighted by atomic mass is 10.2. The number of benzene rings is 2. The van der Waals surface area contributed by atoms with Crippen molar-refractivity contribution in [2.75, 3.05) is 42.4 Å². The first-order chi connectivity index (χ1) is 15.8. The van der Waals surface area contributed by atoms with Gasteiger partial charge < -0.3 is 9.80 Å². The Morgan fingerprint density at radius 1 is 1.00 bits per heavy atom. The Bertz CT molecular complexity index is 1240. The van der Waals surface area contributed by atoms with Crippen molar-refractivity contribution >= 4 is 39.0 Å². The van der Waals surface area contributed by atoms with Crippen molar-refractivity contribution in [3.63, 3.8) is 0 Å². The van der Waals surface area contributed by atoms with Crippen molar-refractivity contribution in [2.45, 2.75) is 11.8 Å². The van der Waals surface area contributed by atoms with Crippen LogP contribution < -0.4 is 9.21 Å². The zero-order valence-corrected chi connectivity index (χ0v) is 20.1. The molecule has 0 aliphatic carbocycles. The Kier molecular flexibility index (Phi) is 6.58. The number of amides is 1. The number of aryl methyl sites for hydroxylation is 1. The SMILES string of the molecule is Cc1ccc(N(C)S(=O)(=O)c2cccc(C(=O)N3CCN(c4ccc(Cl)cn4)CC3)c2)cc1. The van der Waals surface area contributed by atoms with Crippen molar-refractivity contribution in [3.8, 4) is 0 Å². The van der Waals surface area contributed by atoms with Crippen LogP contribution in [-0.2, 0) is 10.0 Å². The normalized spacial score (nSPS) is 14.3. The van der Waals surface area contributed by atoms with E-state index in [1.807, 2.05) is 25.1 Å². The van der Waals surface area contributed by atoms with Gasteiger partial charge in [0.15, 0.2) is 0 Å². The molecule has 1 saturated heterocycles. The minimum absolute atomic E-state index is 0.0837. The average Bonchev–Trinajstić information content (AvgIpc) is 2.84. The van der Waals surface area contributed by atoms with Crippen LogP contribution in [0.3, 0.4) is 0 Å². The van der Waals surface area contributed by atoms with E-state index in [1.165, 1.54) is 23.5 Å². The number of carbonyl (C=O) groups is 1. The highest BCUT2D eigenvalue weighted by atomic mass is 35.5. The second-order valence-electron chi connectivity index (χ2n) is 7.95. The number of aromatic nitrogens is 1. The Hall–Kier alpha value is -3.10. The van der Waals surface area contributed by atoms with Crippen LogP contribution in [-0.4, -0.2) is 57.4 Å². The van der Waals surface area contributed by atoms with E-state index in [0.717, 1.165) is 11.4 Å². The first-order valence-electron chi connectivity index (χ1n) is 10.6. The fourth-order valence-corrected chi connectivity index (χ4v) is 5.07. The van der Waals surface area contributed by atoms with Gasteiger partial charge in [0.1, 0.15) is 5.82 Å². The van der Waals surface area contributed by atoms with Crippen molar-refractivity contribution in [1.82, 2.24) is 9.88 Å². The first-order valence-corrected chi connectivity index (χ1v) is 12.4. The molecule has 3 aromatic rings. The molecule has 0 N–H and O–H groups in total. The molecule has 1 aromatic heterocycles. The van der Waals surface area contributed by atoms with Crippen LogP contribution in [0, 0.1) is 6.92 Å². The summed E-state index contributed by atoms with van der Waals surface area (Å²) in [5.74, 6) is 0.632. The van der Waals surface area contributed by atoms with E-state index in [9.17, 15) is 13.2 Å². The Morgan fingerprint density at radius 2 is 1.70 bits per heavy atom. The van der Waals surface area contributed by atoms with Crippen molar-refractivity contribution < 1.29 is 13.2 Å². The summed E-state index contributed by atoms with van der Waals surface area (Å²) >= 11 is 5.91. The van der Waals surface area contributed by atoms with Gasteiger partial charge in [0.05, 0.1) is 15.6 Å². The van der Waals surface area contributed by atoms with E-state index in [1.54, 1.807) is 41.4 Å². The summed E-state index contributed by atoms with van der Waals surface area (Å²) in [5.41, 5.74) is 1.96. The lowest BCUT2D eigenvalue weighted by molar-refractivity contribution is 0.0746. The maximum absolute atomic E-state index is 13.2. The largest absolute Gasteiger partial charge is 0.353 e. The zero-order valence-electron chi connectivity index (χ0n) is 18.5. The molecule has 7 nitrogen and oxygen atoms in total. The Labute approximate surface area is 199 Å². The van der Waals surface area contributed by atoms with Gasteiger partial charge >= 0.3 is 0 Å². The molecule has 1 fully saturated rings. The van der Waals surface area contributed by atoms with Crippen LogP contribution in [0.15, 0.2) is 71.8 Å². The quantitative estimate of drug-likeness (QED) is 0.550. The molecule has 2 aromatic carbocycles. The number of rotatable bonds is 5. The second-order valence-corrected chi connectivity index (χ2v) is 10.4. The third-order valence-electron chi connectivity index (χ3n) is 5.74. The number of halogens is 1. The van der Waals surface area contributed by atoms with Crippen molar-refractivity contribution in [1.29, 1.82) is 0 Å². The predicted octanol–water partition coefficient (Wildman–Crippen LogP) is 3.83. The standard InChI is InChI=1S/C24H25ClN4O3S/c1-18-6-9-21(10-7-18)27(2)33(31,32)22-5-3-4-19(16-22)24(30)29-14-12-28(13-15-29)23-11-8-20(25)17-26-23/h3-11,16-17H,12-15H2,1-2H3. The van der Waals surface area contributed by atoms with Crippen LogP contribution in [0.1, 0.15) is 15.9 Å². The van der Waals surface area contributed by atoms with E-state index >= 15 is 0 Å². The Balaban J connectivity index is 1.47. The van der Waals surface area contributed by atoms with E-state index in [2.05, 4.69) is 9.88 Å². The fourth-order valence-electron chi connectivity index (χ4n) is 3.72. The van der Waals surface area contributed by atoms with E-state index < -0.39 is 10.0 Å². The molecule has 0 saturated carbocycles.